The summed E-state index contributed by atoms with van der Waals surface area (Å²) in [6.07, 6.45) is 1.71. The number of nitrogens with zero attached hydrogens (tertiary/aromatic N) is 10. The third kappa shape index (κ3) is 11.8. The van der Waals surface area contributed by atoms with Gasteiger partial charge in [-0.05, 0) is 278 Å². The average Bonchev–Trinajstić information content (AvgIpc) is 0.700. The van der Waals surface area contributed by atoms with Gasteiger partial charge in [0, 0.05) is 61.6 Å². The van der Waals surface area contributed by atoms with Gasteiger partial charge >= 0.3 is 0 Å². The van der Waals surface area contributed by atoms with E-state index in [9.17, 15) is 0 Å². The number of hydrogen-bond donors (Lipinski definition) is 0. The van der Waals surface area contributed by atoms with Gasteiger partial charge in [-0.1, -0.05) is 218 Å². The number of aromatic nitrogens is 4. The lowest BCUT2D eigenvalue weighted by molar-refractivity contribution is 0.516. The molecule has 0 amide bonds. The molecule has 2 aromatic heterocycles. The maximum atomic E-state index is 5.79. The Labute approximate surface area is 682 Å². The lowest BCUT2D eigenvalue weighted by Crippen LogP contribution is -2.44. The summed E-state index contributed by atoms with van der Waals surface area (Å²) in [4.78, 5) is 42.0. The van der Waals surface area contributed by atoms with Crippen molar-refractivity contribution in [1.82, 2.24) is 19.9 Å². The smallest absolute Gasteiger partial charge is 0.160 e. The molecule has 21 rings (SSSR count). The first-order valence-corrected chi connectivity index (χ1v) is 40.5. The van der Waals surface area contributed by atoms with Crippen LogP contribution in [0.3, 0.4) is 0 Å². The largest absolute Gasteiger partial charge is 0.311 e. The summed E-state index contributed by atoms with van der Waals surface area (Å²) in [5.74, 6) is 2.39. The monoisotopic (exact) mass is 1510 g/mol. The molecule has 0 fully saturated rings. The Bertz CT molecular complexity index is 6920. The second-order valence-corrected chi connectivity index (χ2v) is 33.6. The summed E-state index contributed by atoms with van der Waals surface area (Å²) < 4.78 is 0. The second-order valence-electron chi connectivity index (χ2n) is 33.6. The van der Waals surface area contributed by atoms with E-state index in [-0.39, 0.29) is 5.41 Å². The number of hydrogen-bond acceptors (Lipinski definition) is 10. The molecule has 0 saturated carbocycles. The van der Waals surface area contributed by atoms with Crippen molar-refractivity contribution in [3.63, 3.8) is 0 Å². The van der Waals surface area contributed by atoms with Gasteiger partial charge in [-0.15, -0.1) is 0 Å². The van der Waals surface area contributed by atoms with Gasteiger partial charge < -0.3 is 9.80 Å². The van der Waals surface area contributed by atoms with Crippen LogP contribution in [0.5, 0.6) is 0 Å². The van der Waals surface area contributed by atoms with Crippen molar-refractivity contribution in [1.29, 1.82) is 0 Å². The molecule has 0 bridgehead atoms. The van der Waals surface area contributed by atoms with Crippen molar-refractivity contribution >= 4 is 101 Å². The average molecular weight is 1510 g/mol. The van der Waals surface area contributed by atoms with Crippen LogP contribution >= 0.6 is 0 Å². The zero-order valence-electron chi connectivity index (χ0n) is 66.9. The van der Waals surface area contributed by atoms with Crippen LogP contribution in [0.2, 0.25) is 0 Å². The number of para-hydroxylation sites is 2. The third-order valence-electron chi connectivity index (χ3n) is 24.6. The molecule has 0 saturated heterocycles. The van der Waals surface area contributed by atoms with Crippen molar-refractivity contribution in [2.24, 2.45) is 9.98 Å². The van der Waals surface area contributed by atoms with Crippen molar-refractivity contribution in [2.45, 2.75) is 84.2 Å². The Morgan fingerprint density at radius 3 is 1.07 bits per heavy atom. The van der Waals surface area contributed by atoms with Gasteiger partial charge in [0.15, 0.2) is 5.82 Å². The summed E-state index contributed by atoms with van der Waals surface area (Å²) in [7, 11) is 0. The minimum atomic E-state index is -0.758. The van der Waals surface area contributed by atoms with E-state index in [4.69, 9.17) is 29.9 Å². The van der Waals surface area contributed by atoms with E-state index in [2.05, 4.69) is 422 Å². The molecule has 4 aliphatic rings. The highest BCUT2D eigenvalue weighted by atomic mass is 15.3. The van der Waals surface area contributed by atoms with Crippen molar-refractivity contribution in [3.05, 3.63) is 397 Å². The molecule has 15 aromatic carbocycles. The molecule has 0 unspecified atom stereocenters. The summed E-state index contributed by atoms with van der Waals surface area (Å²) in [6, 6.07) is 124. The Hall–Kier alpha value is -14.2. The Balaban J connectivity index is 0.609. The Morgan fingerprint density at radius 2 is 0.607 bits per heavy atom. The molecular formula is C107H84N10. The number of fused-ring (bicyclic) bond motifs is 7. The van der Waals surface area contributed by atoms with Crippen molar-refractivity contribution < 1.29 is 0 Å². The molecule has 0 aliphatic carbocycles. The molecule has 10 nitrogen and oxygen atoms in total. The highest BCUT2D eigenvalue weighted by Crippen LogP contribution is 2.57. The maximum Gasteiger partial charge on any atom is 0.160 e. The highest BCUT2D eigenvalue weighted by molar-refractivity contribution is 6.19. The molecule has 0 atom stereocenters. The molecular weight excluding hydrogens is 1430 g/mol. The minimum Gasteiger partial charge on any atom is -0.311 e. The Kier molecular flexibility index (Phi) is 16.3. The number of benzene rings is 15. The number of anilines is 10. The lowest BCUT2D eigenvalue weighted by atomic mass is 9.74. The van der Waals surface area contributed by atoms with Gasteiger partial charge in [0.05, 0.1) is 45.5 Å². The van der Waals surface area contributed by atoms with E-state index in [1.54, 1.807) is 6.33 Å². The van der Waals surface area contributed by atoms with Gasteiger partial charge in [0.25, 0.3) is 0 Å². The first-order valence-electron chi connectivity index (χ1n) is 40.5. The normalized spacial score (nSPS) is 14.9. The number of amidine groups is 2. The van der Waals surface area contributed by atoms with Crippen molar-refractivity contribution in [2.75, 3.05) is 19.6 Å². The van der Waals surface area contributed by atoms with E-state index in [0.717, 1.165) is 141 Å². The standard InChI is InChI=1S/C107H84N10/c1-67-29-31-70(32-30-67)71-37-50-83(51-38-71)114(84-52-39-72(40-53-84)79-35-33-68-19-10-12-21-77(68)63-79)87-60-47-76(48-61-87)103-113-107(8,9)100-96-98(105(4,5)92-26-15-17-28-94(92)117(96)103)110-101(111-100)90-24-18-23-82-65-81(49-62-89(82)90)74-43-56-86(57-44-74)115(85-54-41-73(42-55-85)80-36-34-69-20-11-13-22-78(69)64-80)88-58-45-75(46-59-88)102-112-106(6,7)99-95-97(108-66-109-99)104(2,3)91-25-14-16-27-93(91)116(95)102/h10-66H,1-9H3. The summed E-state index contributed by atoms with van der Waals surface area (Å²) in [5, 5.41) is 7.06. The second kappa shape index (κ2) is 27.0. The van der Waals surface area contributed by atoms with E-state index in [1.807, 2.05) is 0 Å². The molecule has 0 radical (unpaired) electrons. The topological polar surface area (TPSA) is 89.2 Å². The van der Waals surface area contributed by atoms with Crippen LogP contribution in [0.1, 0.15) is 106 Å². The van der Waals surface area contributed by atoms with E-state index in [1.165, 1.54) is 60.5 Å². The predicted octanol–water partition coefficient (Wildman–Crippen LogP) is 27.3. The van der Waals surface area contributed by atoms with E-state index >= 15 is 0 Å². The SMILES string of the molecule is Cc1ccc(-c2ccc(N(c3ccc(C4=NC(C)(C)c5nc(-c6cccc7cc(-c8ccc(N(c9ccc(C%10=NC(C)(C)c%11ncnc%12c%11N%10c%10ccccc%10C%12(C)C)cc9)c9ccc(-c%10ccc%11ccccc%11c%10)cc9)cc8)ccc67)nc6c5N4c4ccccc4C6(C)C)cc3)c3ccc(-c4ccc5ccccc5c4)cc3)cc2)cc1. The quantitative estimate of drug-likeness (QED) is 0.113. The van der Waals surface area contributed by atoms with E-state index in [0.29, 0.717) is 5.82 Å². The van der Waals surface area contributed by atoms with Crippen LogP contribution < -0.4 is 19.6 Å². The third-order valence-corrected chi connectivity index (χ3v) is 24.6. The van der Waals surface area contributed by atoms with Gasteiger partial charge in [-0.3, -0.25) is 19.8 Å². The number of rotatable bonds is 13. The van der Waals surface area contributed by atoms with Gasteiger partial charge in [-0.2, -0.15) is 0 Å². The van der Waals surface area contributed by atoms with Gasteiger partial charge in [0.2, 0.25) is 0 Å². The molecule has 4 aliphatic heterocycles. The van der Waals surface area contributed by atoms with Gasteiger partial charge in [-0.25, -0.2) is 19.9 Å². The lowest BCUT2D eigenvalue weighted by Gasteiger charge is -2.46. The van der Waals surface area contributed by atoms with Crippen LogP contribution in [0.15, 0.2) is 356 Å². The fraction of sp³-hybridized carbons (Fsp3) is 0.121. The molecule has 6 heterocycles. The molecule has 0 spiro atoms. The first-order chi connectivity index (χ1) is 56.9. The van der Waals surface area contributed by atoms with Gasteiger partial charge in [0.1, 0.15) is 29.1 Å². The summed E-state index contributed by atoms with van der Waals surface area (Å²) in [6.45, 7) is 20.0. The molecule has 0 N–H and O–H groups in total. The molecule has 17 aromatic rings. The predicted molar refractivity (Wildman–Crippen MR) is 485 cm³/mol. The highest BCUT2D eigenvalue weighted by Gasteiger charge is 2.49. The fourth-order valence-corrected chi connectivity index (χ4v) is 18.4. The molecule has 10 heteroatoms. The zero-order valence-corrected chi connectivity index (χ0v) is 66.9. The number of aryl methyl sites for hydroxylation is 1. The molecule has 117 heavy (non-hydrogen) atoms. The minimum absolute atomic E-state index is 0.343. The first kappa shape index (κ1) is 70.6. The molecule has 562 valence electrons. The summed E-state index contributed by atoms with van der Waals surface area (Å²) in [5.41, 5.74) is 27.7. The van der Waals surface area contributed by atoms with Crippen LogP contribution in [0, 0.1) is 6.92 Å². The summed E-state index contributed by atoms with van der Waals surface area (Å²) >= 11 is 0. The zero-order chi connectivity index (χ0) is 79.2. The van der Waals surface area contributed by atoms with Crippen LogP contribution in [0.25, 0.3) is 88.2 Å². The fourth-order valence-electron chi connectivity index (χ4n) is 18.4. The maximum absolute atomic E-state index is 5.79. The Morgan fingerprint density at radius 1 is 0.274 bits per heavy atom. The van der Waals surface area contributed by atoms with Crippen molar-refractivity contribution in [3.8, 4) is 55.9 Å². The van der Waals surface area contributed by atoms with Crippen LogP contribution in [0.4, 0.5) is 56.9 Å². The van der Waals surface area contributed by atoms with Crippen LogP contribution in [-0.2, 0) is 21.9 Å². The number of aliphatic imine (C=N–C) groups is 2. The van der Waals surface area contributed by atoms with Crippen LogP contribution in [-0.4, -0.2) is 31.6 Å². The van der Waals surface area contributed by atoms with E-state index < -0.39 is 16.5 Å².